The largest absolute Gasteiger partial charge is 0.355 e. The van der Waals surface area contributed by atoms with Gasteiger partial charge in [-0.2, -0.15) is 0 Å². The van der Waals surface area contributed by atoms with Crippen LogP contribution >= 0.6 is 0 Å². The van der Waals surface area contributed by atoms with E-state index >= 15 is 0 Å². The smallest absolute Gasteiger partial charge is 0.0533 e. The van der Waals surface area contributed by atoms with Crippen LogP contribution in [0.4, 0.5) is 5.69 Å². The summed E-state index contributed by atoms with van der Waals surface area (Å²) in [5, 5.41) is 2.46. The van der Waals surface area contributed by atoms with Crippen LogP contribution in [0, 0.1) is 0 Å². The van der Waals surface area contributed by atoms with Crippen molar-refractivity contribution < 1.29 is 0 Å². The highest BCUT2D eigenvalue weighted by molar-refractivity contribution is 6.08. The molecule has 0 bridgehead atoms. The maximum atomic E-state index is 4.42. The molecule has 0 unspecified atom stereocenters. The summed E-state index contributed by atoms with van der Waals surface area (Å²) in [6.45, 7) is 10.3. The van der Waals surface area contributed by atoms with Crippen molar-refractivity contribution >= 4 is 38.6 Å². The highest BCUT2D eigenvalue weighted by Gasteiger charge is 2.16. The van der Waals surface area contributed by atoms with E-state index in [1.807, 2.05) is 6.08 Å². The lowest BCUT2D eigenvalue weighted by Gasteiger charge is -2.26. The first-order valence-electron chi connectivity index (χ1n) is 11.1. The Hall–Kier alpha value is -4.30. The lowest BCUT2D eigenvalue weighted by molar-refractivity contribution is 1.19. The van der Waals surface area contributed by atoms with E-state index in [4.69, 9.17) is 0 Å². The van der Waals surface area contributed by atoms with Crippen molar-refractivity contribution in [1.29, 1.82) is 0 Å². The summed E-state index contributed by atoms with van der Waals surface area (Å²) in [4.78, 5) is 5.72. The molecule has 2 heterocycles. The topological polar surface area (TPSA) is 19.0 Å². The van der Waals surface area contributed by atoms with Crippen LogP contribution in [0.3, 0.4) is 0 Å². The number of rotatable bonds is 4. The summed E-state index contributed by atoms with van der Waals surface area (Å²) in [7, 11) is 0. The van der Waals surface area contributed by atoms with Crippen molar-refractivity contribution in [1.82, 2.24) is 4.98 Å². The van der Waals surface area contributed by atoms with Crippen LogP contribution < -0.4 is 4.90 Å². The molecule has 5 rings (SSSR count). The highest BCUT2D eigenvalue weighted by Crippen LogP contribution is 2.36. The Morgan fingerprint density at radius 2 is 1.73 bits per heavy atom. The summed E-state index contributed by atoms with van der Waals surface area (Å²) in [6, 6.07) is 23.4. The van der Waals surface area contributed by atoms with Crippen LogP contribution in [0.2, 0.25) is 0 Å². The van der Waals surface area contributed by atoms with Gasteiger partial charge in [-0.15, -0.1) is 0 Å². The first kappa shape index (κ1) is 20.6. The summed E-state index contributed by atoms with van der Waals surface area (Å²) in [6.07, 6.45) is 14.4. The molecule has 0 radical (unpaired) electrons. The van der Waals surface area contributed by atoms with Gasteiger partial charge in [0.2, 0.25) is 0 Å². The van der Waals surface area contributed by atoms with Crippen LogP contribution in [-0.4, -0.2) is 4.98 Å². The Balaban J connectivity index is 1.67. The number of nitrogens with zero attached hydrogens (tertiary/aromatic N) is 1. The molecular weight excluding hydrogens is 400 g/mol. The fourth-order valence-electron chi connectivity index (χ4n) is 4.42. The van der Waals surface area contributed by atoms with Crippen LogP contribution in [0.5, 0.6) is 0 Å². The van der Waals surface area contributed by atoms with Gasteiger partial charge in [0.25, 0.3) is 0 Å². The number of allylic oxidation sites excluding steroid dienone is 8. The summed E-state index contributed by atoms with van der Waals surface area (Å²) >= 11 is 0. The molecule has 0 atom stereocenters. The minimum absolute atomic E-state index is 0.983. The molecule has 0 aliphatic carbocycles. The zero-order valence-electron chi connectivity index (χ0n) is 18.8. The number of aromatic amines is 1. The Morgan fingerprint density at radius 1 is 0.939 bits per heavy atom. The van der Waals surface area contributed by atoms with Crippen molar-refractivity contribution in [2.45, 2.75) is 6.92 Å². The maximum Gasteiger partial charge on any atom is 0.0533 e. The third-order valence-corrected chi connectivity index (χ3v) is 6.06. The molecule has 2 heteroatoms. The molecule has 3 aromatic carbocycles. The van der Waals surface area contributed by atoms with E-state index in [-0.39, 0.29) is 0 Å². The third-order valence-electron chi connectivity index (χ3n) is 6.06. The number of para-hydroxylation sites is 2. The van der Waals surface area contributed by atoms with E-state index in [0.717, 1.165) is 44.7 Å². The first-order chi connectivity index (χ1) is 16.2. The van der Waals surface area contributed by atoms with Gasteiger partial charge >= 0.3 is 0 Å². The summed E-state index contributed by atoms with van der Waals surface area (Å²) in [5.41, 5.74) is 8.84. The van der Waals surface area contributed by atoms with E-state index in [1.165, 1.54) is 10.8 Å². The second-order valence-corrected chi connectivity index (χ2v) is 8.07. The predicted molar refractivity (Wildman–Crippen MR) is 144 cm³/mol. The number of fused-ring (bicyclic) bond motifs is 4. The molecule has 1 aromatic heterocycles. The molecule has 33 heavy (non-hydrogen) atoms. The monoisotopic (exact) mass is 426 g/mol. The molecule has 160 valence electrons. The molecule has 1 aliphatic rings. The Bertz CT molecular complexity index is 1500. The second kappa shape index (κ2) is 8.68. The number of aromatic nitrogens is 1. The van der Waals surface area contributed by atoms with E-state index in [1.54, 1.807) is 6.08 Å². The number of H-pyrrole nitrogens is 1. The third kappa shape index (κ3) is 3.77. The van der Waals surface area contributed by atoms with Crippen LogP contribution in [0.1, 0.15) is 18.1 Å². The predicted octanol–water partition coefficient (Wildman–Crippen LogP) is 8.40. The number of nitrogens with one attached hydrogen (secondary N) is 1. The molecule has 4 aromatic rings. The SMILES string of the molecule is C=C/C=C\C(=C/C)N1/C=C\C(c2ccc3[nH]c4ccccc4c3c2)=C/C(=C)c2ccccc21. The van der Waals surface area contributed by atoms with E-state index in [0.29, 0.717) is 0 Å². The average molecular weight is 427 g/mol. The Kier molecular flexibility index (Phi) is 5.42. The van der Waals surface area contributed by atoms with Crippen molar-refractivity contribution in [3.8, 4) is 0 Å². The van der Waals surface area contributed by atoms with Crippen molar-refractivity contribution in [3.63, 3.8) is 0 Å². The van der Waals surface area contributed by atoms with Gasteiger partial charge in [0.15, 0.2) is 0 Å². The molecule has 1 N–H and O–H groups in total. The molecule has 2 nitrogen and oxygen atoms in total. The standard InChI is InChI=1S/C31H26N2/c1-4-6-11-25(5-2)33-19-18-24(20-22(3)26-12-8-10-15-31(26)33)23-16-17-30-28(21-23)27-13-7-9-14-29(27)32-30/h4-21,32H,1,3H2,2H3/b11-6-,19-18-,24-20+,25-5+. The molecular formula is C31H26N2. The van der Waals surface area contributed by atoms with Gasteiger partial charge in [0.05, 0.1) is 5.69 Å². The number of hydrogen-bond donors (Lipinski definition) is 1. The lowest BCUT2D eigenvalue weighted by Crippen LogP contribution is -2.16. The van der Waals surface area contributed by atoms with Crippen LogP contribution in [0.25, 0.3) is 33.0 Å². The minimum atomic E-state index is 0.983. The van der Waals surface area contributed by atoms with Gasteiger partial charge in [0, 0.05) is 39.3 Å². The molecule has 0 fully saturated rings. The molecule has 0 saturated carbocycles. The molecule has 1 aliphatic heterocycles. The van der Waals surface area contributed by atoms with Crippen molar-refractivity contribution in [2.75, 3.05) is 4.90 Å². The Labute approximate surface area is 194 Å². The fourth-order valence-corrected chi connectivity index (χ4v) is 4.42. The number of anilines is 1. The zero-order valence-corrected chi connectivity index (χ0v) is 18.8. The zero-order chi connectivity index (χ0) is 22.8. The summed E-state index contributed by atoms with van der Waals surface area (Å²) < 4.78 is 0. The van der Waals surface area contributed by atoms with E-state index in [2.05, 4.69) is 127 Å². The minimum Gasteiger partial charge on any atom is -0.355 e. The lowest BCUT2D eigenvalue weighted by atomic mass is 9.95. The molecule has 0 amide bonds. The number of hydrogen-bond acceptors (Lipinski definition) is 1. The summed E-state index contributed by atoms with van der Waals surface area (Å²) in [5.74, 6) is 0. The highest BCUT2D eigenvalue weighted by atomic mass is 15.1. The van der Waals surface area contributed by atoms with E-state index in [9.17, 15) is 0 Å². The molecule has 0 spiro atoms. The number of benzene rings is 3. The van der Waals surface area contributed by atoms with Gasteiger partial charge in [-0.25, -0.2) is 0 Å². The van der Waals surface area contributed by atoms with Gasteiger partial charge < -0.3 is 9.88 Å². The maximum absolute atomic E-state index is 4.42. The quantitative estimate of drug-likeness (QED) is 0.325. The van der Waals surface area contributed by atoms with Crippen molar-refractivity contribution in [2.24, 2.45) is 0 Å². The van der Waals surface area contributed by atoms with Crippen molar-refractivity contribution in [3.05, 3.63) is 139 Å². The Morgan fingerprint density at radius 3 is 2.58 bits per heavy atom. The fraction of sp³-hybridized carbons (Fsp3) is 0.0323. The molecule has 0 saturated heterocycles. The van der Waals surface area contributed by atoms with Gasteiger partial charge in [-0.05, 0) is 66.1 Å². The van der Waals surface area contributed by atoms with E-state index < -0.39 is 0 Å². The average Bonchev–Trinajstić information content (AvgIpc) is 3.22. The van der Waals surface area contributed by atoms with Crippen LogP contribution in [0.15, 0.2) is 128 Å². The van der Waals surface area contributed by atoms with Crippen LogP contribution in [-0.2, 0) is 0 Å². The van der Waals surface area contributed by atoms with Gasteiger partial charge in [-0.3, -0.25) is 0 Å². The first-order valence-corrected chi connectivity index (χ1v) is 11.1. The van der Waals surface area contributed by atoms with Gasteiger partial charge in [0.1, 0.15) is 0 Å². The normalized spacial score (nSPS) is 17.0. The van der Waals surface area contributed by atoms with Gasteiger partial charge in [-0.1, -0.05) is 73.9 Å². The second-order valence-electron chi connectivity index (χ2n) is 8.07.